The number of aromatic nitrogens is 1. The number of rotatable bonds is 5. The number of anilines is 1. The predicted molar refractivity (Wildman–Crippen MR) is 70.9 cm³/mol. The molecule has 0 radical (unpaired) electrons. The van der Waals surface area contributed by atoms with E-state index in [9.17, 15) is 10.1 Å². The number of nitrogens with one attached hydrogen (secondary N) is 1. The van der Waals surface area contributed by atoms with Gasteiger partial charge in [-0.15, -0.1) is 0 Å². The summed E-state index contributed by atoms with van der Waals surface area (Å²) in [5, 5.41) is 14.1. The van der Waals surface area contributed by atoms with E-state index in [0.29, 0.717) is 6.54 Å². The fraction of sp³-hybridized carbons (Fsp3) is 0.417. The number of nitrogens with zero attached hydrogens (tertiary/aromatic N) is 2. The van der Waals surface area contributed by atoms with Crippen LogP contribution in [0.5, 0.6) is 0 Å². The molecular weight excluding hydrogens is 254 g/mol. The maximum atomic E-state index is 10.8. The maximum Gasteiger partial charge on any atom is 0.311 e. The molecule has 5 nitrogen and oxygen atoms in total. The van der Waals surface area contributed by atoms with E-state index in [4.69, 9.17) is 11.6 Å². The molecular formula is C12H14ClN3O2. The van der Waals surface area contributed by atoms with Crippen LogP contribution < -0.4 is 5.32 Å². The molecule has 1 aromatic heterocycles. The maximum absolute atomic E-state index is 10.8. The summed E-state index contributed by atoms with van der Waals surface area (Å²) in [7, 11) is 0. The highest BCUT2D eigenvalue weighted by molar-refractivity contribution is 6.29. The van der Waals surface area contributed by atoms with Crippen LogP contribution in [0.15, 0.2) is 23.8 Å². The fourth-order valence-electron chi connectivity index (χ4n) is 2.01. The van der Waals surface area contributed by atoms with Gasteiger partial charge in [0.05, 0.1) is 4.92 Å². The summed E-state index contributed by atoms with van der Waals surface area (Å²) in [6.45, 7) is 0.639. The molecule has 0 saturated heterocycles. The smallest absolute Gasteiger partial charge is 0.311 e. The van der Waals surface area contributed by atoms with E-state index in [0.717, 1.165) is 19.3 Å². The molecule has 2 rings (SSSR count). The van der Waals surface area contributed by atoms with Gasteiger partial charge in [-0.25, -0.2) is 4.98 Å². The number of hydrogen-bond donors (Lipinski definition) is 1. The molecule has 1 aliphatic rings. The van der Waals surface area contributed by atoms with E-state index in [-0.39, 0.29) is 16.7 Å². The zero-order chi connectivity index (χ0) is 13.0. The van der Waals surface area contributed by atoms with Gasteiger partial charge in [-0.2, -0.15) is 0 Å². The lowest BCUT2D eigenvalue weighted by Gasteiger charge is -2.06. The van der Waals surface area contributed by atoms with Crippen molar-refractivity contribution in [3.05, 3.63) is 39.0 Å². The van der Waals surface area contributed by atoms with Crippen molar-refractivity contribution in [3.63, 3.8) is 0 Å². The predicted octanol–water partition coefficient (Wildman–Crippen LogP) is 3.56. The third-order valence-electron chi connectivity index (χ3n) is 2.91. The summed E-state index contributed by atoms with van der Waals surface area (Å²) in [5.74, 6) is 0.242. The Hall–Kier alpha value is -1.62. The summed E-state index contributed by atoms with van der Waals surface area (Å²) in [6.07, 6.45) is 6.62. The van der Waals surface area contributed by atoms with Crippen molar-refractivity contribution < 1.29 is 4.92 Å². The molecule has 1 aliphatic carbocycles. The monoisotopic (exact) mass is 267 g/mol. The highest BCUT2D eigenvalue weighted by Gasteiger charge is 2.15. The first kappa shape index (κ1) is 12.8. The van der Waals surface area contributed by atoms with Crippen LogP contribution in [0.4, 0.5) is 11.5 Å². The van der Waals surface area contributed by atoms with Crippen LogP contribution in [0.2, 0.25) is 5.15 Å². The van der Waals surface area contributed by atoms with Gasteiger partial charge in [-0.1, -0.05) is 23.3 Å². The zero-order valence-corrected chi connectivity index (χ0v) is 10.6. The molecule has 0 spiro atoms. The minimum Gasteiger partial charge on any atom is -0.364 e. The van der Waals surface area contributed by atoms with E-state index < -0.39 is 4.92 Å². The Balaban J connectivity index is 1.99. The summed E-state index contributed by atoms with van der Waals surface area (Å²) in [5.41, 5.74) is 1.37. The molecule has 0 aromatic carbocycles. The molecule has 0 saturated carbocycles. The van der Waals surface area contributed by atoms with Crippen LogP contribution in [0.3, 0.4) is 0 Å². The average Bonchev–Trinajstić information content (AvgIpc) is 2.82. The van der Waals surface area contributed by atoms with Crippen LogP contribution in [0.1, 0.15) is 25.7 Å². The Morgan fingerprint density at radius 2 is 2.33 bits per heavy atom. The van der Waals surface area contributed by atoms with Crippen molar-refractivity contribution in [2.75, 3.05) is 11.9 Å². The third kappa shape index (κ3) is 3.20. The van der Waals surface area contributed by atoms with Crippen molar-refractivity contribution >= 4 is 23.1 Å². The number of halogens is 1. The first-order chi connectivity index (χ1) is 8.66. The Kier molecular flexibility index (Phi) is 4.15. The summed E-state index contributed by atoms with van der Waals surface area (Å²) in [4.78, 5) is 14.3. The number of hydrogen-bond acceptors (Lipinski definition) is 4. The lowest BCUT2D eigenvalue weighted by Crippen LogP contribution is -2.06. The Labute approximate surface area is 110 Å². The second kappa shape index (κ2) is 5.82. The highest BCUT2D eigenvalue weighted by atomic mass is 35.5. The molecule has 0 aliphatic heterocycles. The Morgan fingerprint density at radius 1 is 1.50 bits per heavy atom. The van der Waals surface area contributed by atoms with E-state index in [1.165, 1.54) is 24.1 Å². The number of allylic oxidation sites excluding steroid dienone is 1. The molecule has 1 heterocycles. The highest BCUT2D eigenvalue weighted by Crippen LogP contribution is 2.25. The van der Waals surface area contributed by atoms with Gasteiger partial charge in [0.1, 0.15) is 5.15 Å². The van der Waals surface area contributed by atoms with E-state index in [1.54, 1.807) is 0 Å². The number of pyridine rings is 1. The molecule has 1 N–H and O–H groups in total. The first-order valence-electron chi connectivity index (χ1n) is 5.89. The van der Waals surface area contributed by atoms with Crippen molar-refractivity contribution in [3.8, 4) is 0 Å². The minimum atomic E-state index is -0.458. The normalized spacial score (nSPS) is 14.4. The fourth-order valence-corrected chi connectivity index (χ4v) is 2.16. The standard InChI is InChI=1S/C12H14ClN3O2/c13-11-6-5-10(16(17)18)12(15-11)14-8-7-9-3-1-2-4-9/h3,5-6H,1-2,4,7-8H2,(H,14,15). The first-order valence-corrected chi connectivity index (χ1v) is 6.27. The van der Waals surface area contributed by atoms with Gasteiger partial charge >= 0.3 is 5.69 Å². The van der Waals surface area contributed by atoms with Crippen molar-refractivity contribution in [2.24, 2.45) is 0 Å². The van der Waals surface area contributed by atoms with Crippen LogP contribution >= 0.6 is 11.6 Å². The van der Waals surface area contributed by atoms with Crippen molar-refractivity contribution in [2.45, 2.75) is 25.7 Å². The van der Waals surface area contributed by atoms with Crippen LogP contribution in [0, 0.1) is 10.1 Å². The topological polar surface area (TPSA) is 68.1 Å². The summed E-state index contributed by atoms with van der Waals surface area (Å²) >= 11 is 5.74. The van der Waals surface area contributed by atoms with Crippen molar-refractivity contribution in [1.29, 1.82) is 0 Å². The van der Waals surface area contributed by atoms with Gasteiger partial charge in [0.2, 0.25) is 5.82 Å². The zero-order valence-electron chi connectivity index (χ0n) is 9.86. The van der Waals surface area contributed by atoms with Crippen molar-refractivity contribution in [1.82, 2.24) is 4.98 Å². The second-order valence-corrected chi connectivity index (χ2v) is 4.58. The molecule has 96 valence electrons. The SMILES string of the molecule is O=[N+]([O-])c1ccc(Cl)nc1NCCC1=CCCC1. The molecule has 0 atom stereocenters. The van der Waals surface area contributed by atoms with Gasteiger partial charge < -0.3 is 5.32 Å². The minimum absolute atomic E-state index is 0.0419. The third-order valence-corrected chi connectivity index (χ3v) is 3.12. The lowest BCUT2D eigenvalue weighted by molar-refractivity contribution is -0.384. The van der Waals surface area contributed by atoms with Crippen LogP contribution in [-0.4, -0.2) is 16.5 Å². The molecule has 0 unspecified atom stereocenters. The van der Waals surface area contributed by atoms with Gasteiger partial charge in [-0.05, 0) is 31.7 Å². The van der Waals surface area contributed by atoms with Gasteiger partial charge in [-0.3, -0.25) is 10.1 Å². The average molecular weight is 268 g/mol. The van der Waals surface area contributed by atoms with Gasteiger partial charge in [0.15, 0.2) is 0 Å². The Bertz CT molecular complexity index is 488. The molecule has 1 aromatic rings. The Morgan fingerprint density at radius 3 is 3.00 bits per heavy atom. The van der Waals surface area contributed by atoms with Gasteiger partial charge in [0, 0.05) is 12.6 Å². The van der Waals surface area contributed by atoms with Crippen LogP contribution in [0.25, 0.3) is 0 Å². The molecule has 0 amide bonds. The van der Waals surface area contributed by atoms with Crippen LogP contribution in [-0.2, 0) is 0 Å². The summed E-state index contributed by atoms with van der Waals surface area (Å²) < 4.78 is 0. The van der Waals surface area contributed by atoms with E-state index in [1.807, 2.05) is 0 Å². The molecule has 6 heteroatoms. The second-order valence-electron chi connectivity index (χ2n) is 4.19. The number of nitro groups is 1. The van der Waals surface area contributed by atoms with Gasteiger partial charge in [0.25, 0.3) is 0 Å². The molecule has 18 heavy (non-hydrogen) atoms. The summed E-state index contributed by atoms with van der Waals surface area (Å²) in [6, 6.07) is 2.79. The van der Waals surface area contributed by atoms with E-state index in [2.05, 4.69) is 16.4 Å². The largest absolute Gasteiger partial charge is 0.364 e. The quantitative estimate of drug-likeness (QED) is 0.383. The molecule has 0 bridgehead atoms. The molecule has 0 fully saturated rings. The lowest BCUT2D eigenvalue weighted by atomic mass is 10.2. The van der Waals surface area contributed by atoms with E-state index >= 15 is 0 Å².